The predicted octanol–water partition coefficient (Wildman–Crippen LogP) is 4.10. The van der Waals surface area contributed by atoms with E-state index in [9.17, 15) is 13.2 Å². The van der Waals surface area contributed by atoms with E-state index in [2.05, 4.69) is 11.4 Å². The third kappa shape index (κ3) is 5.60. The molecule has 148 valence electrons. The lowest BCUT2D eigenvalue weighted by Crippen LogP contribution is -2.33. The smallest absolute Gasteiger partial charge is 0.233 e. The van der Waals surface area contributed by atoms with Crippen LogP contribution < -0.4 is 5.32 Å². The van der Waals surface area contributed by atoms with Gasteiger partial charge in [0, 0.05) is 4.90 Å². The third-order valence-corrected chi connectivity index (χ3v) is 7.51. The zero-order valence-electron chi connectivity index (χ0n) is 16.2. The Morgan fingerprint density at radius 2 is 1.79 bits per heavy atom. The van der Waals surface area contributed by atoms with Gasteiger partial charge in [0.05, 0.1) is 33.6 Å². The standard InChI is InChI=1S/C21H24N2O3S2/c1-4-13-28(25,26)20-8-6-5-7-19(20)27-16(3)21(24)23-15(2)18-11-9-17(14-22)10-12-18/h5-12,15-16H,4,13H2,1-3H3,(H,23,24). The highest BCUT2D eigenvalue weighted by Gasteiger charge is 2.22. The van der Waals surface area contributed by atoms with Crippen molar-refractivity contribution < 1.29 is 13.2 Å². The molecular formula is C21H24N2O3S2. The van der Waals surface area contributed by atoms with Crippen molar-refractivity contribution in [1.29, 1.82) is 5.26 Å². The van der Waals surface area contributed by atoms with Gasteiger partial charge in [-0.05, 0) is 50.1 Å². The highest BCUT2D eigenvalue weighted by atomic mass is 32.2. The molecule has 0 radical (unpaired) electrons. The Labute approximate surface area is 171 Å². The minimum Gasteiger partial charge on any atom is -0.349 e. The second kappa shape index (κ2) is 9.76. The van der Waals surface area contributed by atoms with Gasteiger partial charge in [0.1, 0.15) is 0 Å². The van der Waals surface area contributed by atoms with Gasteiger partial charge in [-0.15, -0.1) is 11.8 Å². The van der Waals surface area contributed by atoms with E-state index in [1.54, 1.807) is 43.3 Å². The molecule has 0 aliphatic carbocycles. The molecule has 5 nitrogen and oxygen atoms in total. The molecule has 7 heteroatoms. The number of amides is 1. The van der Waals surface area contributed by atoms with Gasteiger partial charge in [0.25, 0.3) is 0 Å². The van der Waals surface area contributed by atoms with E-state index in [0.717, 1.165) is 5.56 Å². The van der Waals surface area contributed by atoms with Crippen molar-refractivity contribution in [3.63, 3.8) is 0 Å². The molecule has 0 heterocycles. The van der Waals surface area contributed by atoms with E-state index in [0.29, 0.717) is 16.9 Å². The summed E-state index contributed by atoms with van der Waals surface area (Å²) in [7, 11) is -3.36. The van der Waals surface area contributed by atoms with Crippen LogP contribution in [0.5, 0.6) is 0 Å². The molecule has 2 aromatic carbocycles. The van der Waals surface area contributed by atoms with E-state index in [1.165, 1.54) is 11.8 Å². The van der Waals surface area contributed by atoms with E-state index in [4.69, 9.17) is 5.26 Å². The highest BCUT2D eigenvalue weighted by Crippen LogP contribution is 2.31. The molecule has 2 aromatic rings. The van der Waals surface area contributed by atoms with Crippen LogP contribution >= 0.6 is 11.8 Å². The minimum atomic E-state index is -3.36. The maximum Gasteiger partial charge on any atom is 0.233 e. The van der Waals surface area contributed by atoms with Crippen LogP contribution in [0.25, 0.3) is 0 Å². The van der Waals surface area contributed by atoms with Gasteiger partial charge in [0.2, 0.25) is 5.91 Å². The summed E-state index contributed by atoms with van der Waals surface area (Å²) in [5.41, 5.74) is 1.46. The van der Waals surface area contributed by atoms with Gasteiger partial charge in [0.15, 0.2) is 9.84 Å². The summed E-state index contributed by atoms with van der Waals surface area (Å²) in [6, 6.07) is 15.7. The van der Waals surface area contributed by atoms with Crippen molar-refractivity contribution in [1.82, 2.24) is 5.32 Å². The first-order valence-electron chi connectivity index (χ1n) is 9.07. The van der Waals surface area contributed by atoms with Gasteiger partial charge in [-0.25, -0.2) is 8.42 Å². The number of carbonyl (C=O) groups excluding carboxylic acids is 1. The van der Waals surface area contributed by atoms with Gasteiger partial charge >= 0.3 is 0 Å². The second-order valence-corrected chi connectivity index (χ2v) is 9.95. The molecule has 1 amide bonds. The topological polar surface area (TPSA) is 87.0 Å². The lowest BCUT2D eigenvalue weighted by molar-refractivity contribution is -0.120. The van der Waals surface area contributed by atoms with Crippen molar-refractivity contribution in [3.8, 4) is 6.07 Å². The van der Waals surface area contributed by atoms with E-state index in [-0.39, 0.29) is 22.6 Å². The molecule has 0 saturated carbocycles. The SMILES string of the molecule is CCCS(=O)(=O)c1ccccc1SC(C)C(=O)NC(C)c1ccc(C#N)cc1. The number of nitrogens with zero attached hydrogens (tertiary/aromatic N) is 1. The number of benzene rings is 2. The van der Waals surface area contributed by atoms with E-state index < -0.39 is 15.1 Å². The Balaban J connectivity index is 2.09. The summed E-state index contributed by atoms with van der Waals surface area (Å²) in [4.78, 5) is 13.5. The van der Waals surface area contributed by atoms with Crippen LogP contribution in [0.4, 0.5) is 0 Å². The maximum absolute atomic E-state index is 12.6. The predicted molar refractivity (Wildman–Crippen MR) is 112 cm³/mol. The molecule has 0 aliphatic rings. The molecule has 1 N–H and O–H groups in total. The van der Waals surface area contributed by atoms with Gasteiger partial charge in [-0.3, -0.25) is 4.79 Å². The number of rotatable bonds is 8. The molecule has 2 atom stereocenters. The Morgan fingerprint density at radius 3 is 2.39 bits per heavy atom. The first-order valence-corrected chi connectivity index (χ1v) is 11.6. The van der Waals surface area contributed by atoms with Gasteiger partial charge in [-0.2, -0.15) is 5.26 Å². The maximum atomic E-state index is 12.6. The number of nitrogens with one attached hydrogen (secondary N) is 1. The molecule has 2 unspecified atom stereocenters. The third-order valence-electron chi connectivity index (χ3n) is 4.23. The van der Waals surface area contributed by atoms with Crippen molar-refractivity contribution >= 4 is 27.5 Å². The number of thioether (sulfide) groups is 1. The molecule has 0 aromatic heterocycles. The molecule has 0 spiro atoms. The molecule has 0 fully saturated rings. The normalized spacial score (nSPS) is 13.4. The van der Waals surface area contributed by atoms with Crippen LogP contribution in [0.1, 0.15) is 44.4 Å². The molecule has 0 aliphatic heterocycles. The number of sulfone groups is 1. The van der Waals surface area contributed by atoms with Crippen LogP contribution in [0.2, 0.25) is 0 Å². The number of nitriles is 1. The van der Waals surface area contributed by atoms with Crippen molar-refractivity contribution in [2.45, 2.75) is 48.3 Å². The van der Waals surface area contributed by atoms with Crippen LogP contribution in [-0.2, 0) is 14.6 Å². The van der Waals surface area contributed by atoms with Crippen LogP contribution in [0, 0.1) is 11.3 Å². The molecule has 2 rings (SSSR count). The summed E-state index contributed by atoms with van der Waals surface area (Å²) in [5.74, 6) is -0.0921. The summed E-state index contributed by atoms with van der Waals surface area (Å²) in [5, 5.41) is 11.4. The Kier molecular flexibility index (Phi) is 7.67. The average molecular weight is 417 g/mol. The lowest BCUT2D eigenvalue weighted by Gasteiger charge is -2.19. The van der Waals surface area contributed by atoms with E-state index in [1.807, 2.05) is 26.0 Å². The Morgan fingerprint density at radius 1 is 1.14 bits per heavy atom. The highest BCUT2D eigenvalue weighted by molar-refractivity contribution is 8.01. The van der Waals surface area contributed by atoms with Crippen LogP contribution in [-0.4, -0.2) is 25.3 Å². The van der Waals surface area contributed by atoms with Gasteiger partial charge in [-0.1, -0.05) is 31.2 Å². The molecule has 0 bridgehead atoms. The zero-order chi connectivity index (χ0) is 20.7. The lowest BCUT2D eigenvalue weighted by atomic mass is 10.1. The monoisotopic (exact) mass is 416 g/mol. The van der Waals surface area contributed by atoms with Crippen LogP contribution in [0.15, 0.2) is 58.3 Å². The summed E-state index contributed by atoms with van der Waals surface area (Å²) >= 11 is 1.24. The average Bonchev–Trinajstić information content (AvgIpc) is 2.68. The fourth-order valence-electron chi connectivity index (χ4n) is 2.69. The van der Waals surface area contributed by atoms with Crippen molar-refractivity contribution in [2.24, 2.45) is 0 Å². The summed E-state index contributed by atoms with van der Waals surface area (Å²) in [6.45, 7) is 5.46. The van der Waals surface area contributed by atoms with Gasteiger partial charge < -0.3 is 5.32 Å². The second-order valence-electron chi connectivity index (χ2n) is 6.49. The number of carbonyl (C=O) groups is 1. The molecular weight excluding hydrogens is 392 g/mol. The van der Waals surface area contributed by atoms with Crippen molar-refractivity contribution in [2.75, 3.05) is 5.75 Å². The Bertz CT molecular complexity index is 964. The molecule has 0 saturated heterocycles. The first-order chi connectivity index (χ1) is 13.3. The van der Waals surface area contributed by atoms with Crippen LogP contribution in [0.3, 0.4) is 0 Å². The molecule has 28 heavy (non-hydrogen) atoms. The number of hydrogen-bond acceptors (Lipinski definition) is 5. The largest absolute Gasteiger partial charge is 0.349 e. The fraction of sp³-hybridized carbons (Fsp3) is 0.333. The summed E-state index contributed by atoms with van der Waals surface area (Å²) < 4.78 is 25.0. The Hall–Kier alpha value is -2.30. The number of hydrogen-bond donors (Lipinski definition) is 1. The summed E-state index contributed by atoms with van der Waals surface area (Å²) in [6.07, 6.45) is 0.541. The minimum absolute atomic E-state index is 0.0842. The van der Waals surface area contributed by atoms with E-state index >= 15 is 0 Å². The van der Waals surface area contributed by atoms with Crippen molar-refractivity contribution in [3.05, 3.63) is 59.7 Å². The fourth-order valence-corrected chi connectivity index (χ4v) is 5.53. The zero-order valence-corrected chi connectivity index (χ0v) is 17.8. The first kappa shape index (κ1) is 22.0. The quantitative estimate of drug-likeness (QED) is 0.655.